The molecule has 0 amide bonds. The van der Waals surface area contributed by atoms with Crippen molar-refractivity contribution >= 4 is 11.7 Å². The summed E-state index contributed by atoms with van der Waals surface area (Å²) >= 11 is 0. The Bertz CT molecular complexity index is 542. The maximum atomic E-state index is 11.6. The number of fused-ring (bicyclic) bond motifs is 3. The second-order valence-corrected chi connectivity index (χ2v) is 6.77. The van der Waals surface area contributed by atoms with Crippen molar-refractivity contribution in [2.45, 2.75) is 38.1 Å². The van der Waals surface area contributed by atoms with Crippen LogP contribution in [0.2, 0.25) is 0 Å². The molecule has 3 heteroatoms. The topological polar surface area (TPSA) is 40.5 Å². The van der Waals surface area contributed by atoms with Crippen LogP contribution in [0.15, 0.2) is 24.3 Å². The molecular formula is C17H21NO2. The lowest BCUT2D eigenvalue weighted by Gasteiger charge is -2.31. The lowest BCUT2D eigenvalue weighted by molar-refractivity contribution is -0.138. The lowest BCUT2D eigenvalue weighted by atomic mass is 9.88. The molecule has 4 unspecified atom stereocenters. The van der Waals surface area contributed by atoms with Gasteiger partial charge in [0.2, 0.25) is 0 Å². The van der Waals surface area contributed by atoms with E-state index >= 15 is 0 Å². The molecule has 0 spiro atoms. The average Bonchev–Trinajstić information content (AvgIpc) is 3.13. The van der Waals surface area contributed by atoms with Gasteiger partial charge in [-0.1, -0.05) is 24.6 Å². The van der Waals surface area contributed by atoms with Gasteiger partial charge in [0.15, 0.2) is 0 Å². The number of carboxylic acid groups (broad SMARTS) is 1. The third-order valence-corrected chi connectivity index (χ3v) is 5.69. The van der Waals surface area contributed by atoms with Crippen molar-refractivity contribution in [1.29, 1.82) is 0 Å². The quantitative estimate of drug-likeness (QED) is 0.919. The summed E-state index contributed by atoms with van der Waals surface area (Å²) in [6, 6.07) is 7.85. The molecule has 1 N–H and O–H groups in total. The fraction of sp³-hybridized carbons (Fsp3) is 0.588. The van der Waals surface area contributed by atoms with Gasteiger partial charge in [-0.2, -0.15) is 0 Å². The predicted molar refractivity (Wildman–Crippen MR) is 77.9 cm³/mol. The molecule has 2 bridgehead atoms. The zero-order valence-corrected chi connectivity index (χ0v) is 11.7. The smallest absolute Gasteiger partial charge is 0.326 e. The molecule has 3 aliphatic rings. The molecule has 2 aliphatic carbocycles. The van der Waals surface area contributed by atoms with Crippen molar-refractivity contribution in [2.24, 2.45) is 17.8 Å². The molecular weight excluding hydrogens is 250 g/mol. The number of rotatable bonds is 3. The Kier molecular flexibility index (Phi) is 2.76. The number of hydrogen-bond donors (Lipinski definition) is 1. The highest BCUT2D eigenvalue weighted by molar-refractivity contribution is 5.82. The number of para-hydroxylation sites is 1. The van der Waals surface area contributed by atoms with E-state index in [1.807, 2.05) is 12.1 Å². The van der Waals surface area contributed by atoms with E-state index < -0.39 is 5.97 Å². The summed E-state index contributed by atoms with van der Waals surface area (Å²) in [6.45, 7) is 0.940. The third-order valence-electron chi connectivity index (χ3n) is 5.69. The average molecular weight is 271 g/mol. The minimum absolute atomic E-state index is 0.355. The van der Waals surface area contributed by atoms with Gasteiger partial charge in [0, 0.05) is 18.7 Å². The van der Waals surface area contributed by atoms with E-state index in [-0.39, 0.29) is 6.04 Å². The Hall–Kier alpha value is -1.51. The Balaban J connectivity index is 1.59. The number of hydrogen-bond acceptors (Lipinski definition) is 2. The van der Waals surface area contributed by atoms with Crippen LogP contribution in [-0.4, -0.2) is 23.7 Å². The highest BCUT2D eigenvalue weighted by Crippen LogP contribution is 2.49. The Morgan fingerprint density at radius 3 is 2.80 bits per heavy atom. The van der Waals surface area contributed by atoms with Crippen LogP contribution in [0.5, 0.6) is 0 Å². The number of benzene rings is 1. The van der Waals surface area contributed by atoms with E-state index in [4.69, 9.17) is 0 Å². The van der Waals surface area contributed by atoms with Crippen LogP contribution in [0.3, 0.4) is 0 Å². The van der Waals surface area contributed by atoms with Crippen molar-refractivity contribution < 1.29 is 9.90 Å². The van der Waals surface area contributed by atoms with Crippen LogP contribution >= 0.6 is 0 Å². The van der Waals surface area contributed by atoms with E-state index in [1.54, 1.807) is 0 Å². The van der Waals surface area contributed by atoms with Crippen molar-refractivity contribution in [3.8, 4) is 0 Å². The van der Waals surface area contributed by atoms with Gasteiger partial charge in [0.05, 0.1) is 0 Å². The first-order chi connectivity index (χ1) is 9.72. The van der Waals surface area contributed by atoms with Crippen molar-refractivity contribution in [3.05, 3.63) is 29.8 Å². The summed E-state index contributed by atoms with van der Waals surface area (Å²) in [7, 11) is 0. The van der Waals surface area contributed by atoms with Gasteiger partial charge in [-0.15, -0.1) is 0 Å². The number of carboxylic acids is 1. The van der Waals surface area contributed by atoms with Crippen LogP contribution in [-0.2, 0) is 11.2 Å². The van der Waals surface area contributed by atoms with Crippen LogP contribution in [0.4, 0.5) is 5.69 Å². The summed E-state index contributed by atoms with van der Waals surface area (Å²) < 4.78 is 0. The summed E-state index contributed by atoms with van der Waals surface area (Å²) in [5.74, 6) is 1.81. The van der Waals surface area contributed by atoms with Crippen molar-refractivity contribution in [3.63, 3.8) is 0 Å². The molecule has 1 aromatic rings. The highest BCUT2D eigenvalue weighted by atomic mass is 16.4. The minimum Gasteiger partial charge on any atom is -0.480 e. The maximum Gasteiger partial charge on any atom is 0.326 e. The van der Waals surface area contributed by atoms with Gasteiger partial charge in [0.1, 0.15) is 6.04 Å². The fourth-order valence-corrected chi connectivity index (χ4v) is 4.75. The first-order valence-electron chi connectivity index (χ1n) is 7.79. The van der Waals surface area contributed by atoms with Crippen molar-refractivity contribution in [1.82, 2.24) is 0 Å². The third kappa shape index (κ3) is 1.83. The minimum atomic E-state index is -0.677. The molecule has 0 radical (unpaired) electrons. The molecule has 1 aromatic carbocycles. The number of nitrogens with zero attached hydrogens (tertiary/aromatic N) is 1. The van der Waals surface area contributed by atoms with E-state index in [2.05, 4.69) is 17.0 Å². The largest absolute Gasteiger partial charge is 0.480 e. The van der Waals surface area contributed by atoms with Gasteiger partial charge >= 0.3 is 5.97 Å². The summed E-state index contributed by atoms with van der Waals surface area (Å²) in [5, 5.41) is 9.52. The van der Waals surface area contributed by atoms with Crippen LogP contribution in [0.25, 0.3) is 0 Å². The van der Waals surface area contributed by atoms with Gasteiger partial charge in [-0.05, 0) is 48.6 Å². The Morgan fingerprint density at radius 1 is 1.25 bits per heavy atom. The van der Waals surface area contributed by atoms with Gasteiger partial charge in [-0.25, -0.2) is 4.79 Å². The predicted octanol–water partition coefficient (Wildman–Crippen LogP) is 2.94. The molecule has 2 saturated carbocycles. The first kappa shape index (κ1) is 12.2. The molecule has 20 heavy (non-hydrogen) atoms. The van der Waals surface area contributed by atoms with Gasteiger partial charge < -0.3 is 10.0 Å². The zero-order valence-electron chi connectivity index (χ0n) is 11.7. The normalized spacial score (nSPS) is 34.5. The van der Waals surface area contributed by atoms with Gasteiger partial charge in [-0.3, -0.25) is 0 Å². The van der Waals surface area contributed by atoms with Crippen molar-refractivity contribution in [2.75, 3.05) is 11.4 Å². The fourth-order valence-electron chi connectivity index (χ4n) is 4.75. The number of carbonyl (C=O) groups is 1. The van der Waals surface area contributed by atoms with Crippen LogP contribution < -0.4 is 4.90 Å². The molecule has 4 rings (SSSR count). The summed E-state index contributed by atoms with van der Waals surface area (Å²) in [4.78, 5) is 13.7. The maximum absolute atomic E-state index is 11.6. The van der Waals surface area contributed by atoms with E-state index in [9.17, 15) is 9.90 Å². The van der Waals surface area contributed by atoms with E-state index in [1.165, 1.54) is 31.2 Å². The summed E-state index contributed by atoms with van der Waals surface area (Å²) in [6.07, 6.45) is 6.13. The molecule has 0 aromatic heterocycles. The Labute approximate surface area is 119 Å². The number of anilines is 1. The second kappa shape index (κ2) is 4.51. The molecule has 1 aliphatic heterocycles. The molecule has 2 fully saturated rings. The van der Waals surface area contributed by atoms with E-state index in [0.717, 1.165) is 24.1 Å². The molecule has 1 heterocycles. The van der Waals surface area contributed by atoms with Crippen LogP contribution in [0.1, 0.15) is 31.2 Å². The monoisotopic (exact) mass is 271 g/mol. The Morgan fingerprint density at radius 2 is 2.10 bits per heavy atom. The van der Waals surface area contributed by atoms with Gasteiger partial charge in [0.25, 0.3) is 0 Å². The number of aliphatic carboxylic acids is 1. The molecule has 0 saturated heterocycles. The lowest BCUT2D eigenvalue weighted by Crippen LogP contribution is -2.42. The van der Waals surface area contributed by atoms with Crippen LogP contribution in [0, 0.1) is 17.8 Å². The standard InChI is InChI=1S/C17H21NO2/c19-17(20)16-9-13-3-1-2-4-15(13)18(16)10-14-8-11-5-6-12(14)7-11/h1-4,11-12,14,16H,5-10H2,(H,19,20). The van der Waals surface area contributed by atoms with E-state index in [0.29, 0.717) is 12.3 Å². The zero-order chi connectivity index (χ0) is 13.7. The first-order valence-corrected chi connectivity index (χ1v) is 7.79. The second-order valence-electron chi connectivity index (χ2n) is 6.77. The molecule has 3 nitrogen and oxygen atoms in total. The summed E-state index contributed by atoms with van der Waals surface area (Å²) in [5.41, 5.74) is 2.35. The highest BCUT2D eigenvalue weighted by Gasteiger charge is 2.43. The SMILES string of the molecule is O=C(O)C1Cc2ccccc2N1CC1CC2CCC1C2. The molecule has 106 valence electrons. The molecule has 4 atom stereocenters.